The number of anilines is 3. The molecule has 0 N–H and O–H groups in total. The van der Waals surface area contributed by atoms with Crippen molar-refractivity contribution in [3.63, 3.8) is 0 Å². The van der Waals surface area contributed by atoms with E-state index in [2.05, 4.69) is 157 Å². The summed E-state index contributed by atoms with van der Waals surface area (Å²) >= 11 is 0. The Morgan fingerprint density at radius 1 is 0.364 bits per heavy atom. The highest BCUT2D eigenvalue weighted by Gasteiger charge is 2.19. The van der Waals surface area contributed by atoms with Crippen molar-refractivity contribution < 1.29 is 8.83 Å². The average Bonchev–Trinajstić information content (AvgIpc) is 3.86. The van der Waals surface area contributed by atoms with Crippen LogP contribution in [0.15, 0.2) is 203 Å². The van der Waals surface area contributed by atoms with Gasteiger partial charge in [-0.2, -0.15) is 0 Å². The molecule has 9 aromatic carbocycles. The number of fused-ring (bicyclic) bond motifs is 8. The van der Waals surface area contributed by atoms with Crippen LogP contribution in [0.2, 0.25) is 0 Å². The number of nitrogens with zero attached hydrogens (tertiary/aromatic N) is 2. The molecule has 0 saturated carbocycles. The first-order valence-electron chi connectivity index (χ1n) is 18.5. The number of aromatic nitrogens is 1. The minimum absolute atomic E-state index is 0.618. The van der Waals surface area contributed by atoms with Crippen LogP contribution in [0.4, 0.5) is 17.1 Å². The minimum atomic E-state index is 0.618. The van der Waals surface area contributed by atoms with Crippen LogP contribution in [-0.2, 0) is 0 Å². The van der Waals surface area contributed by atoms with Crippen molar-refractivity contribution in [3.05, 3.63) is 194 Å². The Hall–Kier alpha value is -7.43. The van der Waals surface area contributed by atoms with Gasteiger partial charge in [0.1, 0.15) is 16.7 Å². The summed E-state index contributed by atoms with van der Waals surface area (Å²) in [5, 5.41) is 6.56. The fourth-order valence-corrected chi connectivity index (χ4v) is 7.96. The summed E-state index contributed by atoms with van der Waals surface area (Å²) < 4.78 is 12.9. The monoisotopic (exact) mass is 704 g/mol. The van der Waals surface area contributed by atoms with Crippen molar-refractivity contribution in [1.29, 1.82) is 0 Å². The van der Waals surface area contributed by atoms with Crippen molar-refractivity contribution in [2.75, 3.05) is 4.90 Å². The number of furan rings is 1. The molecule has 55 heavy (non-hydrogen) atoms. The summed E-state index contributed by atoms with van der Waals surface area (Å²) in [6, 6.07) is 68.2. The molecule has 11 rings (SSSR count). The summed E-state index contributed by atoms with van der Waals surface area (Å²) in [5.74, 6) is 0.618. The second-order valence-corrected chi connectivity index (χ2v) is 14.0. The van der Waals surface area contributed by atoms with Gasteiger partial charge in [-0.1, -0.05) is 127 Å². The minimum Gasteiger partial charge on any atom is -0.456 e. The Morgan fingerprint density at radius 2 is 0.945 bits per heavy atom. The molecule has 2 heterocycles. The summed E-state index contributed by atoms with van der Waals surface area (Å²) in [6.45, 7) is 0. The molecule has 0 bridgehead atoms. The van der Waals surface area contributed by atoms with Crippen LogP contribution in [0.5, 0.6) is 0 Å². The van der Waals surface area contributed by atoms with E-state index in [0.29, 0.717) is 5.89 Å². The van der Waals surface area contributed by atoms with Crippen LogP contribution in [0, 0.1) is 0 Å². The molecule has 0 radical (unpaired) electrons. The van der Waals surface area contributed by atoms with Crippen LogP contribution in [0.1, 0.15) is 0 Å². The number of oxazole rings is 1. The lowest BCUT2D eigenvalue weighted by Gasteiger charge is -2.26. The van der Waals surface area contributed by atoms with Crippen molar-refractivity contribution >= 4 is 71.6 Å². The van der Waals surface area contributed by atoms with Gasteiger partial charge in [0.05, 0.1) is 0 Å². The zero-order chi connectivity index (χ0) is 36.3. The normalized spacial score (nSPS) is 11.6. The number of hydrogen-bond donors (Lipinski definition) is 0. The maximum Gasteiger partial charge on any atom is 0.227 e. The zero-order valence-corrected chi connectivity index (χ0v) is 29.7. The molecule has 11 aromatic rings. The van der Waals surface area contributed by atoms with E-state index in [1.807, 2.05) is 42.5 Å². The Bertz CT molecular complexity index is 3200. The van der Waals surface area contributed by atoms with Crippen molar-refractivity contribution in [1.82, 2.24) is 4.98 Å². The SMILES string of the molecule is c1ccc(-c2ccc(-c3cccc(N(c4ccc5oc6ccccc6c5c4)c4ccc5ccc6ccc7nc(-c8ccccc8)oc7c6c5c4)c3)cc2)cc1. The predicted molar refractivity (Wildman–Crippen MR) is 227 cm³/mol. The molecule has 0 spiro atoms. The fourth-order valence-electron chi connectivity index (χ4n) is 7.96. The van der Waals surface area contributed by atoms with Gasteiger partial charge in [-0.05, 0) is 105 Å². The van der Waals surface area contributed by atoms with Gasteiger partial charge in [0.2, 0.25) is 5.89 Å². The number of para-hydroxylation sites is 1. The largest absolute Gasteiger partial charge is 0.456 e. The molecule has 0 unspecified atom stereocenters. The third kappa shape index (κ3) is 5.34. The van der Waals surface area contributed by atoms with Crippen LogP contribution in [0.3, 0.4) is 0 Å². The van der Waals surface area contributed by atoms with Crippen LogP contribution < -0.4 is 4.90 Å². The number of rotatable bonds is 6. The first-order chi connectivity index (χ1) is 27.2. The second kappa shape index (κ2) is 12.6. The Labute approximate surface area is 317 Å². The molecular formula is C51H32N2O2. The fraction of sp³-hybridized carbons (Fsp3) is 0. The van der Waals surface area contributed by atoms with E-state index in [-0.39, 0.29) is 0 Å². The summed E-state index contributed by atoms with van der Waals surface area (Å²) in [4.78, 5) is 7.26. The van der Waals surface area contributed by atoms with Gasteiger partial charge in [-0.3, -0.25) is 0 Å². The molecule has 0 aliphatic heterocycles. The van der Waals surface area contributed by atoms with Gasteiger partial charge < -0.3 is 13.7 Å². The van der Waals surface area contributed by atoms with Crippen LogP contribution in [0.25, 0.3) is 88.3 Å². The first-order valence-corrected chi connectivity index (χ1v) is 18.5. The molecule has 258 valence electrons. The van der Waals surface area contributed by atoms with E-state index in [1.54, 1.807) is 0 Å². The topological polar surface area (TPSA) is 42.4 Å². The zero-order valence-electron chi connectivity index (χ0n) is 29.7. The molecule has 4 nitrogen and oxygen atoms in total. The standard InChI is InChI=1S/C51H32N2O2/c1-3-10-33(11-4-1)34-18-20-35(21-19-34)39-14-9-15-40(30-39)53(42-27-29-48-45(32-42)43-16-7-8-17-47(43)54-48)41-26-24-36-22-23-37-25-28-46-50(49(37)44(36)31-41)55-51(52-46)38-12-5-2-6-13-38/h1-32H. The Balaban J connectivity index is 1.10. The van der Waals surface area contributed by atoms with Gasteiger partial charge >= 0.3 is 0 Å². The molecule has 0 aliphatic carbocycles. The van der Waals surface area contributed by atoms with Crippen molar-refractivity contribution in [2.24, 2.45) is 0 Å². The second-order valence-electron chi connectivity index (χ2n) is 14.0. The lowest BCUT2D eigenvalue weighted by Crippen LogP contribution is -2.10. The molecule has 0 aliphatic rings. The highest BCUT2D eigenvalue weighted by Crippen LogP contribution is 2.43. The summed E-state index contributed by atoms with van der Waals surface area (Å²) in [7, 11) is 0. The molecule has 2 aromatic heterocycles. The Kier molecular flexibility index (Phi) is 7.14. The molecule has 0 atom stereocenters. The third-order valence-electron chi connectivity index (χ3n) is 10.7. The molecule has 0 saturated heterocycles. The average molecular weight is 705 g/mol. The lowest BCUT2D eigenvalue weighted by atomic mass is 9.99. The van der Waals surface area contributed by atoms with E-state index in [4.69, 9.17) is 13.8 Å². The van der Waals surface area contributed by atoms with Gasteiger partial charge in [-0.25, -0.2) is 4.98 Å². The number of benzene rings is 9. The lowest BCUT2D eigenvalue weighted by molar-refractivity contribution is 0.623. The molecule has 4 heteroatoms. The van der Waals surface area contributed by atoms with Crippen LogP contribution >= 0.6 is 0 Å². The van der Waals surface area contributed by atoms with Gasteiger partial charge in [-0.15, -0.1) is 0 Å². The smallest absolute Gasteiger partial charge is 0.227 e. The Morgan fingerprint density at radius 3 is 1.76 bits per heavy atom. The highest BCUT2D eigenvalue weighted by molar-refractivity contribution is 6.19. The summed E-state index contributed by atoms with van der Waals surface area (Å²) in [6.07, 6.45) is 0. The van der Waals surface area contributed by atoms with E-state index >= 15 is 0 Å². The van der Waals surface area contributed by atoms with Crippen molar-refractivity contribution in [3.8, 4) is 33.7 Å². The van der Waals surface area contributed by atoms with Gasteiger partial charge in [0.15, 0.2) is 5.58 Å². The van der Waals surface area contributed by atoms with Gasteiger partial charge in [0.25, 0.3) is 0 Å². The van der Waals surface area contributed by atoms with E-state index < -0.39 is 0 Å². The third-order valence-corrected chi connectivity index (χ3v) is 10.7. The maximum absolute atomic E-state index is 6.59. The first kappa shape index (κ1) is 31.1. The van der Waals surface area contributed by atoms with E-state index in [9.17, 15) is 0 Å². The van der Waals surface area contributed by atoms with Gasteiger partial charge in [0, 0.05) is 38.8 Å². The van der Waals surface area contributed by atoms with E-state index in [1.165, 1.54) is 11.1 Å². The summed E-state index contributed by atoms with van der Waals surface area (Å²) in [5.41, 5.74) is 12.1. The van der Waals surface area contributed by atoms with Crippen molar-refractivity contribution in [2.45, 2.75) is 0 Å². The predicted octanol–water partition coefficient (Wildman–Crippen LogP) is 14.5. The molecule has 0 fully saturated rings. The quantitative estimate of drug-likeness (QED) is 0.162. The highest BCUT2D eigenvalue weighted by atomic mass is 16.3. The van der Waals surface area contributed by atoms with E-state index in [0.717, 1.165) is 88.3 Å². The van der Waals surface area contributed by atoms with Crippen LogP contribution in [-0.4, -0.2) is 4.98 Å². The molecule has 0 amide bonds. The maximum atomic E-state index is 6.59. The number of hydrogen-bond acceptors (Lipinski definition) is 4. The molecular weight excluding hydrogens is 673 g/mol.